The van der Waals surface area contributed by atoms with Gasteiger partial charge in [-0.05, 0) is 38.0 Å². The molecule has 0 unspecified atom stereocenters. The molecule has 0 aromatic heterocycles. The van der Waals surface area contributed by atoms with Crippen LogP contribution in [0.4, 0.5) is 0 Å². The summed E-state index contributed by atoms with van der Waals surface area (Å²) in [5.74, 6) is -0.131. The van der Waals surface area contributed by atoms with Gasteiger partial charge in [0.15, 0.2) is 5.78 Å². The van der Waals surface area contributed by atoms with E-state index < -0.39 is 17.6 Å². The molecule has 3 heteroatoms. The monoisotopic (exact) mass is 250 g/mol. The summed E-state index contributed by atoms with van der Waals surface area (Å²) in [7, 11) is 0. The minimum Gasteiger partial charge on any atom is -0.389 e. The van der Waals surface area contributed by atoms with E-state index in [1.807, 2.05) is 20.8 Å². The molecule has 2 N–H and O–H groups in total. The van der Waals surface area contributed by atoms with Crippen molar-refractivity contribution in [2.45, 2.75) is 46.3 Å². The Kier molecular flexibility index (Phi) is 4.65. The maximum Gasteiger partial charge on any atom is 0.181 e. The summed E-state index contributed by atoms with van der Waals surface area (Å²) < 4.78 is 0. The van der Waals surface area contributed by atoms with Crippen LogP contribution in [0.5, 0.6) is 0 Å². The molecule has 0 aromatic carbocycles. The van der Waals surface area contributed by atoms with Gasteiger partial charge >= 0.3 is 0 Å². The van der Waals surface area contributed by atoms with Crippen molar-refractivity contribution in [2.75, 3.05) is 0 Å². The van der Waals surface area contributed by atoms with Crippen LogP contribution >= 0.6 is 0 Å². The quantitative estimate of drug-likeness (QED) is 0.648. The average Bonchev–Trinajstić information content (AvgIpc) is 2.24. The average molecular weight is 250 g/mol. The Bertz CT molecular complexity index is 413. The molecule has 0 aliphatic heterocycles. The first-order valence-corrected chi connectivity index (χ1v) is 6.18. The number of aliphatic hydroxyl groups is 2. The molecular weight excluding hydrogens is 228 g/mol. The van der Waals surface area contributed by atoms with Gasteiger partial charge in [-0.2, -0.15) is 0 Å². The zero-order valence-electron chi connectivity index (χ0n) is 11.5. The molecule has 0 saturated heterocycles. The summed E-state index contributed by atoms with van der Waals surface area (Å²) in [5, 5.41) is 19.9. The first-order valence-electron chi connectivity index (χ1n) is 6.18. The Morgan fingerprint density at radius 1 is 1.22 bits per heavy atom. The number of ketones is 1. The van der Waals surface area contributed by atoms with Gasteiger partial charge in [0.25, 0.3) is 0 Å². The molecule has 0 radical (unpaired) electrons. The van der Waals surface area contributed by atoms with Gasteiger partial charge in [-0.1, -0.05) is 31.6 Å². The molecular formula is C15H22O3. The molecule has 3 nitrogen and oxygen atoms in total. The fourth-order valence-electron chi connectivity index (χ4n) is 1.83. The smallest absolute Gasteiger partial charge is 0.181 e. The van der Waals surface area contributed by atoms with Crippen LogP contribution in [0, 0.1) is 5.41 Å². The van der Waals surface area contributed by atoms with E-state index in [1.165, 1.54) is 6.08 Å². The Balaban J connectivity index is 3.16. The normalized spacial score (nSPS) is 36.9. The van der Waals surface area contributed by atoms with Gasteiger partial charge in [-0.25, -0.2) is 0 Å². The van der Waals surface area contributed by atoms with Crippen LogP contribution in [-0.2, 0) is 4.79 Å². The van der Waals surface area contributed by atoms with E-state index in [1.54, 1.807) is 25.2 Å². The summed E-state index contributed by atoms with van der Waals surface area (Å²) in [6.07, 6.45) is 5.56. The van der Waals surface area contributed by atoms with Crippen LogP contribution in [0.1, 0.15) is 34.1 Å². The maximum absolute atomic E-state index is 11.8. The summed E-state index contributed by atoms with van der Waals surface area (Å²) in [6.45, 7) is 7.31. The number of carbonyl (C=O) groups is 1. The molecule has 1 rings (SSSR count). The number of hydrogen-bond donors (Lipinski definition) is 2. The highest BCUT2D eigenvalue weighted by Gasteiger charge is 2.24. The zero-order chi connectivity index (χ0) is 13.9. The Labute approximate surface area is 109 Å². The first-order chi connectivity index (χ1) is 8.22. The van der Waals surface area contributed by atoms with Crippen molar-refractivity contribution in [3.05, 3.63) is 35.5 Å². The van der Waals surface area contributed by atoms with Gasteiger partial charge in [0, 0.05) is 5.41 Å². The van der Waals surface area contributed by atoms with Crippen LogP contribution in [0.25, 0.3) is 0 Å². The molecule has 0 heterocycles. The summed E-state index contributed by atoms with van der Waals surface area (Å²) in [6, 6.07) is 0. The van der Waals surface area contributed by atoms with Crippen molar-refractivity contribution in [3.63, 3.8) is 0 Å². The van der Waals surface area contributed by atoms with Crippen molar-refractivity contribution in [3.8, 4) is 0 Å². The van der Waals surface area contributed by atoms with Crippen LogP contribution in [0.2, 0.25) is 0 Å². The van der Waals surface area contributed by atoms with Gasteiger partial charge in [0.1, 0.15) is 0 Å². The lowest BCUT2D eigenvalue weighted by Gasteiger charge is -2.25. The molecule has 1 aliphatic carbocycles. The van der Waals surface area contributed by atoms with Crippen LogP contribution in [0.3, 0.4) is 0 Å². The minimum atomic E-state index is -0.688. The van der Waals surface area contributed by atoms with Gasteiger partial charge in [0.2, 0.25) is 0 Å². The Morgan fingerprint density at radius 3 is 2.44 bits per heavy atom. The van der Waals surface area contributed by atoms with Crippen LogP contribution < -0.4 is 0 Å². The molecule has 0 spiro atoms. The third kappa shape index (κ3) is 3.93. The highest BCUT2D eigenvalue weighted by molar-refractivity contribution is 6.03. The van der Waals surface area contributed by atoms with Crippen LogP contribution in [-0.4, -0.2) is 28.2 Å². The van der Waals surface area contributed by atoms with E-state index in [4.69, 9.17) is 0 Å². The van der Waals surface area contributed by atoms with E-state index in [0.29, 0.717) is 12.0 Å². The first kappa shape index (κ1) is 14.9. The SMILES string of the molecule is C/C1=C/[C@@H](O)C(C)(C)/C=C\C(=O)/C(C)=C\[C@@H](O)C1. The lowest BCUT2D eigenvalue weighted by molar-refractivity contribution is -0.111. The zero-order valence-corrected chi connectivity index (χ0v) is 11.5. The topological polar surface area (TPSA) is 57.5 Å². The van der Waals surface area contributed by atoms with Crippen molar-refractivity contribution < 1.29 is 15.0 Å². The van der Waals surface area contributed by atoms with E-state index >= 15 is 0 Å². The standard InChI is InChI=1S/C15H22O3/c1-10-7-12(16)9-11(2)13(17)5-6-15(3,4)14(18)8-10/h5-6,8-9,12,14,16,18H,7H2,1-4H3/b6-5-,10-8-,11-9-/t12-,14+/m0/s1. The predicted molar refractivity (Wildman–Crippen MR) is 72.1 cm³/mol. The lowest BCUT2D eigenvalue weighted by atomic mass is 9.84. The van der Waals surface area contributed by atoms with Crippen molar-refractivity contribution in [2.24, 2.45) is 5.41 Å². The third-order valence-corrected chi connectivity index (χ3v) is 3.23. The number of rotatable bonds is 0. The molecule has 1 aliphatic rings. The number of carbonyl (C=O) groups excluding carboxylic acids is 1. The van der Waals surface area contributed by atoms with E-state index in [2.05, 4.69) is 0 Å². The molecule has 0 aromatic rings. The molecule has 18 heavy (non-hydrogen) atoms. The predicted octanol–water partition coefficient (Wildman–Crippen LogP) is 2.16. The highest BCUT2D eigenvalue weighted by atomic mass is 16.3. The number of hydrogen-bond acceptors (Lipinski definition) is 3. The van der Waals surface area contributed by atoms with Crippen molar-refractivity contribution in [1.29, 1.82) is 0 Å². The summed E-state index contributed by atoms with van der Waals surface area (Å²) in [4.78, 5) is 11.8. The third-order valence-electron chi connectivity index (χ3n) is 3.23. The van der Waals surface area contributed by atoms with Gasteiger partial charge < -0.3 is 10.2 Å². The second-order valence-electron chi connectivity index (χ2n) is 5.60. The van der Waals surface area contributed by atoms with E-state index in [0.717, 1.165) is 5.57 Å². The van der Waals surface area contributed by atoms with Crippen molar-refractivity contribution in [1.82, 2.24) is 0 Å². The lowest BCUT2D eigenvalue weighted by Crippen LogP contribution is -2.25. The minimum absolute atomic E-state index is 0.131. The maximum atomic E-state index is 11.8. The molecule has 0 fully saturated rings. The largest absolute Gasteiger partial charge is 0.389 e. The second-order valence-corrected chi connectivity index (χ2v) is 5.60. The number of allylic oxidation sites excluding steroid dienone is 2. The molecule has 0 amide bonds. The molecule has 100 valence electrons. The summed E-state index contributed by atoms with van der Waals surface area (Å²) in [5.41, 5.74) is 0.931. The molecule has 2 atom stereocenters. The van der Waals surface area contributed by atoms with Gasteiger partial charge in [-0.3, -0.25) is 4.79 Å². The Morgan fingerprint density at radius 2 is 1.83 bits per heavy atom. The summed E-state index contributed by atoms with van der Waals surface area (Å²) >= 11 is 0. The molecule has 0 bridgehead atoms. The number of aliphatic hydroxyl groups excluding tert-OH is 2. The fourth-order valence-corrected chi connectivity index (χ4v) is 1.83. The second kappa shape index (κ2) is 5.63. The van der Waals surface area contributed by atoms with E-state index in [9.17, 15) is 15.0 Å². The van der Waals surface area contributed by atoms with Gasteiger partial charge in [-0.15, -0.1) is 0 Å². The molecule has 0 saturated carbocycles. The highest BCUT2D eigenvalue weighted by Crippen LogP contribution is 2.26. The van der Waals surface area contributed by atoms with Gasteiger partial charge in [0.05, 0.1) is 12.2 Å². The Hall–Kier alpha value is -1.19. The fraction of sp³-hybridized carbons (Fsp3) is 0.533. The van der Waals surface area contributed by atoms with Crippen molar-refractivity contribution >= 4 is 5.78 Å². The van der Waals surface area contributed by atoms with Crippen LogP contribution in [0.15, 0.2) is 35.5 Å². The van der Waals surface area contributed by atoms with E-state index in [-0.39, 0.29) is 5.78 Å².